The molecule has 0 aromatic rings. The quantitative estimate of drug-likeness (QED) is 0.810. The van der Waals surface area contributed by atoms with Crippen LogP contribution in [0.15, 0.2) is 0 Å². The van der Waals surface area contributed by atoms with E-state index >= 15 is 0 Å². The van der Waals surface area contributed by atoms with Crippen molar-refractivity contribution in [3.63, 3.8) is 0 Å². The van der Waals surface area contributed by atoms with E-state index in [4.69, 9.17) is 5.11 Å². The van der Waals surface area contributed by atoms with Gasteiger partial charge in [0.2, 0.25) is 11.8 Å². The summed E-state index contributed by atoms with van der Waals surface area (Å²) in [5, 5.41) is 11.7. The van der Waals surface area contributed by atoms with Crippen LogP contribution in [0.3, 0.4) is 0 Å². The first-order chi connectivity index (χ1) is 10.1. The molecular weight excluding hydrogens is 272 g/mol. The van der Waals surface area contributed by atoms with Crippen LogP contribution in [0.1, 0.15) is 44.9 Å². The van der Waals surface area contributed by atoms with E-state index in [-0.39, 0.29) is 30.2 Å². The Balaban J connectivity index is 1.70. The monoisotopic (exact) mass is 296 g/mol. The van der Waals surface area contributed by atoms with Crippen molar-refractivity contribution < 1.29 is 19.5 Å². The Morgan fingerprint density at radius 3 is 2.14 bits per heavy atom. The van der Waals surface area contributed by atoms with Crippen molar-refractivity contribution in [2.24, 2.45) is 11.8 Å². The van der Waals surface area contributed by atoms with E-state index < -0.39 is 5.97 Å². The lowest BCUT2D eigenvalue weighted by Crippen LogP contribution is -2.46. The zero-order valence-corrected chi connectivity index (χ0v) is 12.3. The summed E-state index contributed by atoms with van der Waals surface area (Å²) in [4.78, 5) is 36.5. The lowest BCUT2D eigenvalue weighted by molar-refractivity contribution is -0.145. The number of likely N-dealkylation sites (tertiary alicyclic amines) is 1. The third kappa shape index (κ3) is 4.44. The number of nitrogens with one attached hydrogen (secondary N) is 1. The van der Waals surface area contributed by atoms with Gasteiger partial charge in [-0.15, -0.1) is 0 Å². The summed E-state index contributed by atoms with van der Waals surface area (Å²) in [6.45, 7) is 0.970. The molecule has 0 atom stereocenters. The first-order valence-corrected chi connectivity index (χ1v) is 7.86. The molecule has 1 aliphatic carbocycles. The van der Waals surface area contributed by atoms with Crippen LogP contribution in [-0.4, -0.2) is 47.4 Å². The van der Waals surface area contributed by atoms with Gasteiger partial charge in [-0.2, -0.15) is 0 Å². The van der Waals surface area contributed by atoms with Gasteiger partial charge in [-0.3, -0.25) is 14.4 Å². The third-order valence-electron chi connectivity index (χ3n) is 4.59. The lowest BCUT2D eigenvalue weighted by atomic mass is 9.89. The minimum atomic E-state index is -0.785. The normalized spacial score (nSPS) is 21.0. The van der Waals surface area contributed by atoms with Crippen molar-refractivity contribution in [1.82, 2.24) is 10.2 Å². The number of rotatable bonds is 4. The van der Waals surface area contributed by atoms with Crippen LogP contribution >= 0.6 is 0 Å². The number of carboxylic acid groups (broad SMARTS) is 1. The number of carbonyl (C=O) groups is 3. The number of nitrogens with zero attached hydrogens (tertiary/aromatic N) is 1. The van der Waals surface area contributed by atoms with Crippen LogP contribution in [0.5, 0.6) is 0 Å². The van der Waals surface area contributed by atoms with E-state index in [1.807, 2.05) is 0 Å². The molecule has 0 aromatic carbocycles. The molecule has 118 valence electrons. The Hall–Kier alpha value is -1.59. The predicted octanol–water partition coefficient (Wildman–Crippen LogP) is 1.01. The molecule has 0 bridgehead atoms. The second-order valence-electron chi connectivity index (χ2n) is 6.05. The molecule has 1 aliphatic heterocycles. The van der Waals surface area contributed by atoms with Crippen LogP contribution < -0.4 is 5.32 Å². The molecule has 2 N–H and O–H groups in total. The van der Waals surface area contributed by atoms with Crippen LogP contribution in [0.2, 0.25) is 0 Å². The molecule has 1 saturated carbocycles. The van der Waals surface area contributed by atoms with Crippen LogP contribution in [0.25, 0.3) is 0 Å². The zero-order chi connectivity index (χ0) is 15.2. The minimum Gasteiger partial charge on any atom is -0.481 e. The highest BCUT2D eigenvalue weighted by Gasteiger charge is 2.27. The Morgan fingerprint density at radius 1 is 0.952 bits per heavy atom. The number of aliphatic carboxylic acids is 1. The van der Waals surface area contributed by atoms with Crippen molar-refractivity contribution in [3.8, 4) is 0 Å². The van der Waals surface area contributed by atoms with E-state index in [9.17, 15) is 14.4 Å². The van der Waals surface area contributed by atoms with Gasteiger partial charge in [0.1, 0.15) is 0 Å². The summed E-state index contributed by atoms with van der Waals surface area (Å²) in [7, 11) is 0. The molecule has 21 heavy (non-hydrogen) atoms. The van der Waals surface area contributed by atoms with Gasteiger partial charge in [0.05, 0.1) is 12.5 Å². The fourth-order valence-electron chi connectivity index (χ4n) is 3.16. The summed E-state index contributed by atoms with van der Waals surface area (Å²) in [5.41, 5.74) is 0. The van der Waals surface area contributed by atoms with E-state index in [2.05, 4.69) is 5.32 Å². The van der Waals surface area contributed by atoms with E-state index in [1.165, 1.54) is 6.42 Å². The molecule has 2 fully saturated rings. The molecule has 2 amide bonds. The molecule has 0 radical (unpaired) electrons. The van der Waals surface area contributed by atoms with Gasteiger partial charge in [-0.25, -0.2) is 0 Å². The van der Waals surface area contributed by atoms with Crippen molar-refractivity contribution in [3.05, 3.63) is 0 Å². The molecule has 2 aliphatic rings. The van der Waals surface area contributed by atoms with Crippen molar-refractivity contribution in [2.45, 2.75) is 44.9 Å². The summed E-state index contributed by atoms with van der Waals surface area (Å²) in [6.07, 6.45) is 6.22. The summed E-state index contributed by atoms with van der Waals surface area (Å²) in [6, 6.07) is 0. The molecule has 2 rings (SSSR count). The summed E-state index contributed by atoms with van der Waals surface area (Å²) >= 11 is 0. The number of piperidine rings is 1. The van der Waals surface area contributed by atoms with Gasteiger partial charge in [-0.05, 0) is 25.7 Å². The number of carbonyl (C=O) groups excluding carboxylic acids is 2. The van der Waals surface area contributed by atoms with E-state index in [1.54, 1.807) is 4.90 Å². The highest BCUT2D eigenvalue weighted by atomic mass is 16.4. The maximum Gasteiger partial charge on any atom is 0.306 e. The maximum absolute atomic E-state index is 12.0. The molecule has 6 heteroatoms. The summed E-state index contributed by atoms with van der Waals surface area (Å²) < 4.78 is 0. The molecular formula is C15H24N2O4. The molecule has 0 spiro atoms. The van der Waals surface area contributed by atoms with Crippen LogP contribution in [-0.2, 0) is 14.4 Å². The van der Waals surface area contributed by atoms with E-state index in [0.29, 0.717) is 25.9 Å². The van der Waals surface area contributed by atoms with Crippen LogP contribution in [0, 0.1) is 11.8 Å². The standard InChI is InChI=1S/C15H24N2O4/c18-13(17-8-6-12(7-9-17)15(20)21)10-16-14(19)11-4-2-1-3-5-11/h11-12H,1-10H2,(H,16,19)(H,20,21). The SMILES string of the molecule is O=C(O)C1CCN(C(=O)CNC(=O)C2CCCCC2)CC1. The van der Waals surface area contributed by atoms with Crippen molar-refractivity contribution >= 4 is 17.8 Å². The van der Waals surface area contributed by atoms with Crippen molar-refractivity contribution in [1.29, 1.82) is 0 Å². The average Bonchev–Trinajstić information content (AvgIpc) is 2.53. The topological polar surface area (TPSA) is 86.7 Å². The average molecular weight is 296 g/mol. The van der Waals surface area contributed by atoms with Gasteiger partial charge in [-0.1, -0.05) is 19.3 Å². The Bertz CT molecular complexity index is 396. The second-order valence-corrected chi connectivity index (χ2v) is 6.05. The van der Waals surface area contributed by atoms with E-state index in [0.717, 1.165) is 25.7 Å². The number of amides is 2. The minimum absolute atomic E-state index is 0.0107. The molecule has 6 nitrogen and oxygen atoms in total. The highest BCUT2D eigenvalue weighted by molar-refractivity contribution is 5.86. The van der Waals surface area contributed by atoms with Gasteiger partial charge < -0.3 is 15.3 Å². The van der Waals surface area contributed by atoms with Gasteiger partial charge in [0.25, 0.3) is 0 Å². The molecule has 0 aromatic heterocycles. The van der Waals surface area contributed by atoms with Gasteiger partial charge in [0.15, 0.2) is 0 Å². The molecule has 0 unspecified atom stereocenters. The van der Waals surface area contributed by atoms with Gasteiger partial charge >= 0.3 is 5.97 Å². The maximum atomic E-state index is 12.0. The molecule has 1 saturated heterocycles. The zero-order valence-electron chi connectivity index (χ0n) is 12.3. The first-order valence-electron chi connectivity index (χ1n) is 7.86. The smallest absolute Gasteiger partial charge is 0.306 e. The Labute approximate surface area is 124 Å². The predicted molar refractivity (Wildman–Crippen MR) is 76.5 cm³/mol. The Kier molecular flexibility index (Phi) is 5.59. The highest BCUT2D eigenvalue weighted by Crippen LogP contribution is 2.23. The largest absolute Gasteiger partial charge is 0.481 e. The van der Waals surface area contributed by atoms with Crippen molar-refractivity contribution in [2.75, 3.05) is 19.6 Å². The second kappa shape index (κ2) is 7.43. The number of hydrogen-bond acceptors (Lipinski definition) is 3. The first kappa shape index (κ1) is 15.8. The summed E-state index contributed by atoms with van der Waals surface area (Å²) in [5.74, 6) is -1.19. The fourth-order valence-corrected chi connectivity index (χ4v) is 3.16. The fraction of sp³-hybridized carbons (Fsp3) is 0.800. The molecule has 1 heterocycles. The Morgan fingerprint density at radius 2 is 1.57 bits per heavy atom. The third-order valence-corrected chi connectivity index (χ3v) is 4.59. The van der Waals surface area contributed by atoms with Gasteiger partial charge in [0, 0.05) is 19.0 Å². The number of hydrogen-bond donors (Lipinski definition) is 2. The lowest BCUT2D eigenvalue weighted by Gasteiger charge is -2.30. The number of carboxylic acids is 1. The van der Waals surface area contributed by atoms with Crippen LogP contribution in [0.4, 0.5) is 0 Å².